The minimum atomic E-state index is -1.94. The van der Waals surface area contributed by atoms with Gasteiger partial charge in [-0.05, 0) is 39.5 Å². The van der Waals surface area contributed by atoms with Crippen LogP contribution >= 0.6 is 15.9 Å². The van der Waals surface area contributed by atoms with Crippen LogP contribution in [0.5, 0.6) is 0 Å². The minimum absolute atomic E-state index is 0.529. The Morgan fingerprint density at radius 3 is 1.73 bits per heavy atom. The van der Waals surface area contributed by atoms with Crippen LogP contribution in [-0.4, -0.2) is 13.2 Å². The lowest BCUT2D eigenvalue weighted by atomic mass is 10.1. The van der Waals surface area contributed by atoms with Crippen LogP contribution in [0.25, 0.3) is 0 Å². The Bertz CT molecular complexity index is 517. The van der Waals surface area contributed by atoms with Gasteiger partial charge in [0.15, 0.2) is 0 Å². The number of hydrogen-bond acceptors (Lipinski definition) is 1. The van der Waals surface area contributed by atoms with Gasteiger partial charge >= 0.3 is 0 Å². The van der Waals surface area contributed by atoms with E-state index < -0.39 is 14.2 Å². The molecule has 1 N–H and O–H groups in total. The molecule has 0 heterocycles. The average molecular weight is 381 g/mol. The lowest BCUT2D eigenvalue weighted by Crippen LogP contribution is -2.48. The Kier molecular flexibility index (Phi) is 6.88. The fraction of sp³-hybridized carbons (Fsp3) is 0.526. The summed E-state index contributed by atoms with van der Waals surface area (Å²) in [6.45, 7) is 17.7. The van der Waals surface area contributed by atoms with E-state index in [4.69, 9.17) is 0 Å². The minimum Gasteiger partial charge on any atom is -0.384 e. The lowest BCUT2D eigenvalue weighted by molar-refractivity contribution is 0.221. The third kappa shape index (κ3) is 3.49. The van der Waals surface area contributed by atoms with Crippen molar-refractivity contribution in [2.75, 3.05) is 0 Å². The van der Waals surface area contributed by atoms with Crippen molar-refractivity contribution >= 4 is 24.0 Å². The highest BCUT2D eigenvalue weighted by molar-refractivity contribution is 9.10. The second-order valence-electron chi connectivity index (χ2n) is 6.94. The van der Waals surface area contributed by atoms with Gasteiger partial charge in [0.05, 0.1) is 0 Å². The second kappa shape index (κ2) is 7.78. The fourth-order valence-electron chi connectivity index (χ4n) is 4.23. The van der Waals surface area contributed by atoms with Crippen LogP contribution in [0, 0.1) is 0 Å². The van der Waals surface area contributed by atoms with E-state index in [1.165, 1.54) is 0 Å². The molecule has 122 valence electrons. The number of aliphatic hydroxyl groups excluding tert-OH is 1. The summed E-state index contributed by atoms with van der Waals surface area (Å²) < 4.78 is 1.02. The zero-order chi connectivity index (χ0) is 17.1. The van der Waals surface area contributed by atoms with Crippen molar-refractivity contribution in [3.63, 3.8) is 0 Å². The van der Waals surface area contributed by atoms with Crippen LogP contribution in [0.2, 0.25) is 16.6 Å². The normalized spacial score (nSPS) is 13.6. The summed E-state index contributed by atoms with van der Waals surface area (Å²) in [5, 5.41) is 12.1. The van der Waals surface area contributed by atoms with Gasteiger partial charge in [-0.15, -0.1) is 5.73 Å². The van der Waals surface area contributed by atoms with Gasteiger partial charge in [0.2, 0.25) is 0 Å². The third-order valence-corrected chi connectivity index (χ3v) is 12.6. The molecule has 0 amide bonds. The first-order chi connectivity index (χ1) is 10.2. The van der Waals surface area contributed by atoms with Crippen LogP contribution in [0.4, 0.5) is 0 Å². The van der Waals surface area contributed by atoms with Crippen molar-refractivity contribution in [1.82, 2.24) is 0 Å². The van der Waals surface area contributed by atoms with Gasteiger partial charge in [-0.2, -0.15) is 0 Å². The molecule has 0 radical (unpaired) electrons. The van der Waals surface area contributed by atoms with Gasteiger partial charge in [-0.3, -0.25) is 0 Å². The maximum Gasteiger partial charge on any atom is 0.104 e. The molecule has 0 aliphatic heterocycles. The largest absolute Gasteiger partial charge is 0.384 e. The van der Waals surface area contributed by atoms with Gasteiger partial charge < -0.3 is 5.11 Å². The second-order valence-corrected chi connectivity index (χ2v) is 13.7. The quantitative estimate of drug-likeness (QED) is 0.446. The SMILES string of the molecule is C=C=C(C(O)c1ccc(Br)cc1)[Si](C(C)C)(C(C)C)C(C)C. The van der Waals surface area contributed by atoms with E-state index in [9.17, 15) is 5.11 Å². The maximum atomic E-state index is 11.0. The molecule has 1 aromatic rings. The number of rotatable bonds is 6. The average Bonchev–Trinajstić information content (AvgIpc) is 2.43. The van der Waals surface area contributed by atoms with Crippen molar-refractivity contribution in [2.45, 2.75) is 64.3 Å². The highest BCUT2D eigenvalue weighted by Gasteiger charge is 2.48. The monoisotopic (exact) mass is 380 g/mol. The molecule has 1 unspecified atom stereocenters. The van der Waals surface area contributed by atoms with Gasteiger partial charge in [0, 0.05) is 4.47 Å². The number of benzene rings is 1. The Morgan fingerprint density at radius 2 is 1.41 bits per heavy atom. The van der Waals surface area contributed by atoms with Crippen molar-refractivity contribution in [3.8, 4) is 0 Å². The molecule has 0 saturated heterocycles. The van der Waals surface area contributed by atoms with Crippen molar-refractivity contribution in [2.24, 2.45) is 0 Å². The summed E-state index contributed by atoms with van der Waals surface area (Å²) in [6, 6.07) is 7.91. The van der Waals surface area contributed by atoms with E-state index in [1.807, 2.05) is 24.3 Å². The summed E-state index contributed by atoms with van der Waals surface area (Å²) in [5.41, 5.74) is 5.68. The predicted molar refractivity (Wildman–Crippen MR) is 103 cm³/mol. The highest BCUT2D eigenvalue weighted by atomic mass is 79.9. The molecule has 0 bridgehead atoms. The lowest BCUT2D eigenvalue weighted by Gasteiger charge is -2.45. The van der Waals surface area contributed by atoms with Crippen LogP contribution < -0.4 is 0 Å². The highest BCUT2D eigenvalue weighted by Crippen LogP contribution is 2.49. The van der Waals surface area contributed by atoms with E-state index in [2.05, 4.69) is 69.8 Å². The molecule has 0 spiro atoms. The van der Waals surface area contributed by atoms with E-state index in [-0.39, 0.29) is 0 Å². The zero-order valence-electron chi connectivity index (χ0n) is 14.7. The molecule has 1 rings (SSSR count). The molecule has 0 aliphatic rings. The van der Waals surface area contributed by atoms with Gasteiger partial charge in [0.1, 0.15) is 14.2 Å². The Hall–Kier alpha value is -0.603. The fourth-order valence-corrected chi connectivity index (χ4v) is 11.3. The number of aliphatic hydroxyl groups is 1. The first kappa shape index (κ1) is 19.4. The molecule has 1 aromatic carbocycles. The smallest absolute Gasteiger partial charge is 0.104 e. The summed E-state index contributed by atoms with van der Waals surface area (Å²) >= 11 is 3.45. The Balaban J connectivity index is 3.43. The molecule has 0 saturated carbocycles. The summed E-state index contributed by atoms with van der Waals surface area (Å²) in [6.07, 6.45) is -0.607. The Morgan fingerprint density at radius 1 is 1.00 bits per heavy atom. The summed E-state index contributed by atoms with van der Waals surface area (Å²) in [4.78, 5) is 0. The van der Waals surface area contributed by atoms with E-state index in [0.717, 1.165) is 15.2 Å². The van der Waals surface area contributed by atoms with Crippen molar-refractivity contribution in [3.05, 3.63) is 51.8 Å². The first-order valence-electron chi connectivity index (χ1n) is 8.03. The molecular weight excluding hydrogens is 352 g/mol. The summed E-state index contributed by atoms with van der Waals surface area (Å²) in [7, 11) is -1.94. The standard InChI is InChI=1S/C19H29BrOSi/c1-8-18(19(21)16-9-11-17(20)12-10-16)22(13(2)3,14(4)5)15(6)7/h9-15,19,21H,1H2,2-7H3. The van der Waals surface area contributed by atoms with Crippen molar-refractivity contribution < 1.29 is 5.11 Å². The zero-order valence-corrected chi connectivity index (χ0v) is 17.2. The molecule has 1 nitrogen and oxygen atoms in total. The predicted octanol–water partition coefficient (Wildman–Crippen LogP) is 6.41. The first-order valence-corrected chi connectivity index (χ1v) is 11.1. The van der Waals surface area contributed by atoms with Crippen LogP contribution in [0.1, 0.15) is 53.2 Å². The van der Waals surface area contributed by atoms with E-state index in [0.29, 0.717) is 16.6 Å². The topological polar surface area (TPSA) is 20.2 Å². The molecule has 22 heavy (non-hydrogen) atoms. The van der Waals surface area contributed by atoms with Crippen molar-refractivity contribution in [1.29, 1.82) is 0 Å². The van der Waals surface area contributed by atoms with Gasteiger partial charge in [-0.25, -0.2) is 0 Å². The molecule has 1 atom stereocenters. The van der Waals surface area contributed by atoms with Gasteiger partial charge in [-0.1, -0.05) is 76.2 Å². The number of halogens is 1. The molecular formula is C19H29BrOSi. The summed E-state index contributed by atoms with van der Waals surface area (Å²) in [5.74, 6) is 0. The van der Waals surface area contributed by atoms with E-state index in [1.54, 1.807) is 0 Å². The van der Waals surface area contributed by atoms with E-state index >= 15 is 0 Å². The third-order valence-electron chi connectivity index (χ3n) is 4.98. The molecule has 3 heteroatoms. The van der Waals surface area contributed by atoms with Crippen LogP contribution in [0.3, 0.4) is 0 Å². The maximum absolute atomic E-state index is 11.0. The molecule has 0 fully saturated rings. The molecule has 0 aromatic heterocycles. The van der Waals surface area contributed by atoms with Crippen LogP contribution in [-0.2, 0) is 0 Å². The Labute approximate surface area is 145 Å². The number of hydrogen-bond donors (Lipinski definition) is 1. The van der Waals surface area contributed by atoms with Gasteiger partial charge in [0.25, 0.3) is 0 Å². The van der Waals surface area contributed by atoms with Crippen LogP contribution in [0.15, 0.2) is 46.2 Å². The molecule has 0 aliphatic carbocycles.